The van der Waals surface area contributed by atoms with Gasteiger partial charge in [-0.3, -0.25) is 14.8 Å². The van der Waals surface area contributed by atoms with Crippen molar-refractivity contribution < 1.29 is 19.2 Å². The first-order chi connectivity index (χ1) is 12.1. The summed E-state index contributed by atoms with van der Waals surface area (Å²) >= 11 is 1.26. The van der Waals surface area contributed by atoms with Crippen LogP contribution >= 0.6 is 11.3 Å². The molecular weight excluding hydrogens is 345 g/mol. The number of amides is 2. The molecule has 0 fully saturated rings. The summed E-state index contributed by atoms with van der Waals surface area (Å²) in [5.74, 6) is -0.865. The highest BCUT2D eigenvalue weighted by atomic mass is 32.1. The van der Waals surface area contributed by atoms with Crippen LogP contribution in [-0.2, 0) is 4.79 Å². The molecule has 6 nitrogen and oxygen atoms in total. The van der Waals surface area contributed by atoms with Gasteiger partial charge >= 0.3 is 0 Å². The predicted octanol–water partition coefficient (Wildman–Crippen LogP) is 3.13. The summed E-state index contributed by atoms with van der Waals surface area (Å²) in [7, 11) is 0. The van der Waals surface area contributed by atoms with Crippen molar-refractivity contribution in [2.75, 3.05) is 6.54 Å². The molecule has 1 aromatic heterocycles. The Hall–Kier alpha value is -2.32. The number of carbonyl (C=O) groups is 2. The van der Waals surface area contributed by atoms with Gasteiger partial charge < -0.3 is 5.32 Å². The summed E-state index contributed by atoms with van der Waals surface area (Å²) in [6.07, 6.45) is 5.09. The quantitative estimate of drug-likeness (QED) is 0.362. The molecule has 0 radical (unpaired) electrons. The lowest BCUT2D eigenvalue weighted by Gasteiger charge is -2.03. The Morgan fingerprint density at radius 2 is 1.84 bits per heavy atom. The normalized spacial score (nSPS) is 10.5. The fraction of sp³-hybridized carbons (Fsp3) is 0.353. The van der Waals surface area contributed by atoms with Crippen molar-refractivity contribution in [2.24, 2.45) is 0 Å². The third-order valence-electron chi connectivity index (χ3n) is 3.56. The average molecular weight is 365 g/mol. The van der Waals surface area contributed by atoms with E-state index < -0.39 is 0 Å². The molecule has 0 aliphatic heterocycles. The number of rotatable bonds is 9. The zero-order valence-electron chi connectivity index (χ0n) is 13.6. The number of unbranched alkanes of at least 4 members (excludes halogenated alkanes) is 3. The molecule has 0 unspecified atom stereocenters. The molecule has 0 spiro atoms. The number of hydroxylamine groups is 1. The summed E-state index contributed by atoms with van der Waals surface area (Å²) in [6, 6.07) is 5.99. The molecule has 2 amide bonds. The molecule has 0 aliphatic rings. The van der Waals surface area contributed by atoms with Crippen molar-refractivity contribution in [3.63, 3.8) is 0 Å². The molecule has 0 aliphatic carbocycles. The Kier molecular flexibility index (Phi) is 7.49. The van der Waals surface area contributed by atoms with E-state index in [4.69, 9.17) is 5.21 Å². The largest absolute Gasteiger partial charge is 0.351 e. The number of nitrogens with one attached hydrogen (secondary N) is 2. The molecule has 1 aromatic carbocycles. The van der Waals surface area contributed by atoms with Gasteiger partial charge in [0.05, 0.1) is 6.20 Å². The van der Waals surface area contributed by atoms with Crippen LogP contribution < -0.4 is 10.8 Å². The van der Waals surface area contributed by atoms with Gasteiger partial charge in [0, 0.05) is 18.5 Å². The lowest BCUT2D eigenvalue weighted by molar-refractivity contribution is -0.129. The van der Waals surface area contributed by atoms with Gasteiger partial charge in [-0.25, -0.2) is 14.9 Å². The molecular formula is C17H20FN3O3S. The van der Waals surface area contributed by atoms with E-state index in [0.29, 0.717) is 29.3 Å². The summed E-state index contributed by atoms with van der Waals surface area (Å²) in [5.41, 5.74) is 2.37. The Balaban J connectivity index is 1.69. The van der Waals surface area contributed by atoms with Crippen LogP contribution in [0.3, 0.4) is 0 Å². The molecule has 0 saturated carbocycles. The first-order valence-corrected chi connectivity index (χ1v) is 8.84. The Labute approximate surface area is 149 Å². The number of benzene rings is 1. The molecule has 134 valence electrons. The van der Waals surface area contributed by atoms with Crippen LogP contribution in [0.1, 0.15) is 41.8 Å². The highest BCUT2D eigenvalue weighted by Crippen LogP contribution is 2.25. The number of thiazole rings is 1. The van der Waals surface area contributed by atoms with E-state index in [2.05, 4.69) is 10.3 Å². The monoisotopic (exact) mass is 365 g/mol. The number of hydrogen-bond donors (Lipinski definition) is 3. The average Bonchev–Trinajstić information content (AvgIpc) is 3.11. The van der Waals surface area contributed by atoms with Crippen LogP contribution in [0, 0.1) is 5.82 Å². The molecule has 0 atom stereocenters. The van der Waals surface area contributed by atoms with Gasteiger partial charge in [-0.2, -0.15) is 0 Å². The van der Waals surface area contributed by atoms with Gasteiger partial charge in [-0.05, 0) is 37.1 Å². The van der Waals surface area contributed by atoms with E-state index >= 15 is 0 Å². The van der Waals surface area contributed by atoms with Crippen molar-refractivity contribution in [3.8, 4) is 10.6 Å². The van der Waals surface area contributed by atoms with Crippen LogP contribution in [-0.4, -0.2) is 28.6 Å². The van der Waals surface area contributed by atoms with Gasteiger partial charge in [0.15, 0.2) is 0 Å². The maximum atomic E-state index is 12.9. The van der Waals surface area contributed by atoms with Crippen molar-refractivity contribution in [1.29, 1.82) is 0 Å². The van der Waals surface area contributed by atoms with Crippen molar-refractivity contribution in [1.82, 2.24) is 15.8 Å². The second kappa shape index (κ2) is 9.85. The van der Waals surface area contributed by atoms with E-state index in [9.17, 15) is 14.0 Å². The lowest BCUT2D eigenvalue weighted by Crippen LogP contribution is -2.23. The van der Waals surface area contributed by atoms with Gasteiger partial charge in [0.2, 0.25) is 5.91 Å². The highest BCUT2D eigenvalue weighted by Gasteiger charge is 2.11. The van der Waals surface area contributed by atoms with Crippen molar-refractivity contribution >= 4 is 23.2 Å². The van der Waals surface area contributed by atoms with E-state index in [-0.39, 0.29) is 17.6 Å². The summed E-state index contributed by atoms with van der Waals surface area (Å²) in [4.78, 5) is 27.6. The van der Waals surface area contributed by atoms with Gasteiger partial charge in [-0.1, -0.05) is 12.8 Å². The molecule has 1 heterocycles. The van der Waals surface area contributed by atoms with E-state index in [1.165, 1.54) is 29.7 Å². The minimum atomic E-state index is -0.379. The number of hydrogen-bond acceptors (Lipinski definition) is 5. The Morgan fingerprint density at radius 1 is 1.12 bits per heavy atom. The molecule has 8 heteroatoms. The molecule has 0 bridgehead atoms. The first-order valence-electron chi connectivity index (χ1n) is 8.03. The molecule has 25 heavy (non-hydrogen) atoms. The fourth-order valence-electron chi connectivity index (χ4n) is 2.21. The zero-order chi connectivity index (χ0) is 18.1. The number of aromatic nitrogens is 1. The van der Waals surface area contributed by atoms with E-state index in [1.54, 1.807) is 17.6 Å². The molecule has 2 rings (SSSR count). The van der Waals surface area contributed by atoms with Crippen LogP contribution in [0.2, 0.25) is 0 Å². The second-order valence-electron chi connectivity index (χ2n) is 5.49. The van der Waals surface area contributed by atoms with Gasteiger partial charge in [0.25, 0.3) is 5.91 Å². The maximum absolute atomic E-state index is 12.9. The third kappa shape index (κ3) is 6.24. The summed E-state index contributed by atoms with van der Waals surface area (Å²) in [6.45, 7) is 0.550. The Morgan fingerprint density at radius 3 is 2.56 bits per heavy atom. The lowest BCUT2D eigenvalue weighted by atomic mass is 10.1. The molecule has 3 N–H and O–H groups in total. The zero-order valence-corrected chi connectivity index (χ0v) is 14.4. The van der Waals surface area contributed by atoms with Crippen LogP contribution in [0.4, 0.5) is 4.39 Å². The fourth-order valence-corrected chi connectivity index (χ4v) is 3.05. The van der Waals surface area contributed by atoms with Crippen LogP contribution in [0.25, 0.3) is 10.6 Å². The number of halogens is 1. The molecule has 0 saturated heterocycles. The highest BCUT2D eigenvalue weighted by molar-refractivity contribution is 7.16. The Bertz CT molecular complexity index is 703. The minimum Gasteiger partial charge on any atom is -0.351 e. The summed E-state index contributed by atoms with van der Waals surface area (Å²) < 4.78 is 12.9. The smallest absolute Gasteiger partial charge is 0.263 e. The maximum Gasteiger partial charge on any atom is 0.263 e. The predicted molar refractivity (Wildman–Crippen MR) is 92.9 cm³/mol. The standard InChI is InChI=1S/C17H20FN3O3S/c18-13-8-6-12(7-9-13)17-20-11-14(25-17)16(23)19-10-4-2-1-3-5-15(22)21-24/h6-9,11,24H,1-5,10H2,(H,19,23)(H,21,22). The second-order valence-corrected chi connectivity index (χ2v) is 6.52. The SMILES string of the molecule is O=C(CCCCCCNC(=O)c1cnc(-c2ccc(F)cc2)s1)NO. The van der Waals surface area contributed by atoms with Gasteiger partial charge in [-0.15, -0.1) is 11.3 Å². The number of carbonyl (C=O) groups excluding carboxylic acids is 2. The summed E-state index contributed by atoms with van der Waals surface area (Å²) in [5, 5.41) is 11.9. The first kappa shape index (κ1) is 19.0. The van der Waals surface area contributed by atoms with E-state index in [1.807, 2.05) is 0 Å². The van der Waals surface area contributed by atoms with Crippen molar-refractivity contribution in [2.45, 2.75) is 32.1 Å². The van der Waals surface area contributed by atoms with Crippen LogP contribution in [0.15, 0.2) is 30.5 Å². The molecule has 2 aromatic rings. The van der Waals surface area contributed by atoms with Gasteiger partial charge in [0.1, 0.15) is 15.7 Å². The van der Waals surface area contributed by atoms with Crippen molar-refractivity contribution in [3.05, 3.63) is 41.2 Å². The topological polar surface area (TPSA) is 91.3 Å². The third-order valence-corrected chi connectivity index (χ3v) is 4.61. The van der Waals surface area contributed by atoms with E-state index in [0.717, 1.165) is 24.8 Å². The number of nitrogens with zero attached hydrogens (tertiary/aromatic N) is 1. The van der Waals surface area contributed by atoms with Crippen LogP contribution in [0.5, 0.6) is 0 Å². The minimum absolute atomic E-state index is 0.175.